The van der Waals surface area contributed by atoms with Crippen molar-refractivity contribution in [3.63, 3.8) is 0 Å². The molecule has 2 aromatic heterocycles. The van der Waals surface area contributed by atoms with Gasteiger partial charge in [-0.1, -0.05) is 23.7 Å². The van der Waals surface area contributed by atoms with Crippen LogP contribution in [0.5, 0.6) is 0 Å². The molecule has 0 bridgehead atoms. The molecule has 1 N–H and O–H groups in total. The summed E-state index contributed by atoms with van der Waals surface area (Å²) in [5, 5.41) is 4.90. The number of hydrogen-bond acceptors (Lipinski definition) is 4. The largest absolute Gasteiger partial charge is 0.320 e. The van der Waals surface area contributed by atoms with E-state index in [9.17, 15) is 4.79 Å². The Morgan fingerprint density at radius 1 is 1.24 bits per heavy atom. The number of benzene rings is 1. The molecule has 0 saturated heterocycles. The van der Waals surface area contributed by atoms with Crippen molar-refractivity contribution in [3.8, 4) is 0 Å². The van der Waals surface area contributed by atoms with Crippen molar-refractivity contribution in [1.82, 2.24) is 15.0 Å². The highest BCUT2D eigenvalue weighted by molar-refractivity contribution is 6.34. The van der Waals surface area contributed by atoms with E-state index < -0.39 is 0 Å². The summed E-state index contributed by atoms with van der Waals surface area (Å²) in [7, 11) is 0. The minimum Gasteiger partial charge on any atom is -0.320 e. The molecular weight excluding hydrogens is 288 g/mol. The van der Waals surface area contributed by atoms with Crippen molar-refractivity contribution in [3.05, 3.63) is 59.4 Å². The van der Waals surface area contributed by atoms with Crippen molar-refractivity contribution >= 4 is 34.0 Å². The number of halogens is 1. The van der Waals surface area contributed by atoms with Gasteiger partial charge in [0.25, 0.3) is 5.91 Å². The van der Waals surface area contributed by atoms with E-state index in [1.165, 1.54) is 6.20 Å². The lowest BCUT2D eigenvalue weighted by Crippen LogP contribution is -2.15. The van der Waals surface area contributed by atoms with Crippen LogP contribution in [0.3, 0.4) is 0 Å². The molecule has 3 rings (SSSR count). The van der Waals surface area contributed by atoms with Gasteiger partial charge < -0.3 is 5.32 Å². The first kappa shape index (κ1) is 13.5. The van der Waals surface area contributed by atoms with E-state index in [4.69, 9.17) is 11.6 Å². The highest BCUT2D eigenvalue weighted by Crippen LogP contribution is 2.23. The first-order valence-corrected chi connectivity index (χ1v) is 6.66. The molecule has 0 spiro atoms. The minimum absolute atomic E-state index is 0.162. The number of aromatic nitrogens is 3. The van der Waals surface area contributed by atoms with Gasteiger partial charge in [0.2, 0.25) is 0 Å². The molecule has 0 saturated carbocycles. The Labute approximate surface area is 126 Å². The van der Waals surface area contributed by atoms with Crippen molar-refractivity contribution in [2.45, 2.75) is 6.92 Å². The van der Waals surface area contributed by atoms with Crippen LogP contribution < -0.4 is 5.32 Å². The maximum atomic E-state index is 12.3. The summed E-state index contributed by atoms with van der Waals surface area (Å²) in [4.78, 5) is 24.4. The third-order valence-electron chi connectivity index (χ3n) is 3.01. The third-order valence-corrected chi connectivity index (χ3v) is 3.29. The SMILES string of the molecule is Cc1ncc(Cl)c(C(=O)Nc2cccc3cnccc23)n1. The Hall–Kier alpha value is -2.53. The molecule has 21 heavy (non-hydrogen) atoms. The first-order chi connectivity index (χ1) is 10.1. The van der Waals surface area contributed by atoms with Crippen molar-refractivity contribution in [1.29, 1.82) is 0 Å². The number of hydrogen-bond donors (Lipinski definition) is 1. The van der Waals surface area contributed by atoms with Gasteiger partial charge in [-0.25, -0.2) is 9.97 Å². The molecule has 5 nitrogen and oxygen atoms in total. The molecule has 0 aliphatic rings. The van der Waals surface area contributed by atoms with Crippen LogP contribution in [0.15, 0.2) is 42.9 Å². The van der Waals surface area contributed by atoms with Crippen LogP contribution in [-0.4, -0.2) is 20.9 Å². The van der Waals surface area contributed by atoms with E-state index in [0.717, 1.165) is 10.8 Å². The fraction of sp³-hybridized carbons (Fsp3) is 0.0667. The van der Waals surface area contributed by atoms with Crippen LogP contribution in [0.1, 0.15) is 16.3 Å². The molecule has 0 unspecified atom stereocenters. The number of aryl methyl sites for hydroxylation is 1. The molecule has 1 amide bonds. The second-order valence-corrected chi connectivity index (χ2v) is 4.88. The van der Waals surface area contributed by atoms with E-state index in [-0.39, 0.29) is 16.6 Å². The molecule has 0 radical (unpaired) electrons. The lowest BCUT2D eigenvalue weighted by molar-refractivity contribution is 0.102. The van der Waals surface area contributed by atoms with Crippen LogP contribution in [0.2, 0.25) is 5.02 Å². The van der Waals surface area contributed by atoms with E-state index in [1.54, 1.807) is 19.3 Å². The number of carbonyl (C=O) groups excluding carboxylic acids is 1. The maximum absolute atomic E-state index is 12.3. The van der Waals surface area contributed by atoms with E-state index in [2.05, 4.69) is 20.3 Å². The topological polar surface area (TPSA) is 67.8 Å². The average molecular weight is 299 g/mol. The van der Waals surface area contributed by atoms with Gasteiger partial charge in [0.15, 0.2) is 5.69 Å². The van der Waals surface area contributed by atoms with Gasteiger partial charge in [-0.15, -0.1) is 0 Å². The maximum Gasteiger partial charge on any atom is 0.275 e. The van der Waals surface area contributed by atoms with Crippen LogP contribution >= 0.6 is 11.6 Å². The van der Waals surface area contributed by atoms with Crippen LogP contribution in [0.4, 0.5) is 5.69 Å². The quantitative estimate of drug-likeness (QED) is 0.788. The molecule has 6 heteroatoms. The number of rotatable bonds is 2. The van der Waals surface area contributed by atoms with Crippen molar-refractivity contribution < 1.29 is 4.79 Å². The lowest BCUT2D eigenvalue weighted by atomic mass is 10.1. The number of nitrogens with zero attached hydrogens (tertiary/aromatic N) is 3. The van der Waals surface area contributed by atoms with Gasteiger partial charge >= 0.3 is 0 Å². The average Bonchev–Trinajstić information content (AvgIpc) is 2.50. The van der Waals surface area contributed by atoms with E-state index >= 15 is 0 Å². The second kappa shape index (κ2) is 5.46. The van der Waals surface area contributed by atoms with Crippen LogP contribution in [0.25, 0.3) is 10.8 Å². The predicted molar refractivity (Wildman–Crippen MR) is 81.5 cm³/mol. The predicted octanol–water partition coefficient (Wildman–Crippen LogP) is 3.24. The molecule has 3 aromatic rings. The van der Waals surface area contributed by atoms with E-state index in [0.29, 0.717) is 11.5 Å². The number of anilines is 1. The number of amides is 1. The van der Waals surface area contributed by atoms with Crippen molar-refractivity contribution in [2.24, 2.45) is 0 Å². The summed E-state index contributed by atoms with van der Waals surface area (Å²) >= 11 is 5.98. The normalized spacial score (nSPS) is 10.6. The second-order valence-electron chi connectivity index (χ2n) is 4.47. The Kier molecular flexibility index (Phi) is 3.50. The fourth-order valence-corrected chi connectivity index (χ4v) is 2.20. The summed E-state index contributed by atoms with van der Waals surface area (Å²) in [5.41, 5.74) is 0.849. The zero-order valence-corrected chi connectivity index (χ0v) is 11.9. The molecule has 2 heterocycles. The first-order valence-electron chi connectivity index (χ1n) is 6.28. The molecule has 104 valence electrons. The van der Waals surface area contributed by atoms with Gasteiger partial charge in [-0.3, -0.25) is 9.78 Å². The highest BCUT2D eigenvalue weighted by atomic mass is 35.5. The van der Waals surface area contributed by atoms with E-state index in [1.807, 2.05) is 24.3 Å². The molecule has 0 aliphatic heterocycles. The van der Waals surface area contributed by atoms with Gasteiger partial charge in [0, 0.05) is 28.9 Å². The Morgan fingerprint density at radius 3 is 2.95 bits per heavy atom. The Morgan fingerprint density at radius 2 is 2.10 bits per heavy atom. The zero-order chi connectivity index (χ0) is 14.8. The van der Waals surface area contributed by atoms with Crippen molar-refractivity contribution in [2.75, 3.05) is 5.32 Å². The monoisotopic (exact) mass is 298 g/mol. The minimum atomic E-state index is -0.366. The Balaban J connectivity index is 1.99. The standard InChI is InChI=1S/C15H11ClN4O/c1-9-18-8-12(16)14(19-9)15(21)20-13-4-2-3-10-7-17-6-5-11(10)13/h2-8H,1H3,(H,20,21). The van der Waals surface area contributed by atoms with Gasteiger partial charge in [-0.05, 0) is 19.1 Å². The summed E-state index contributed by atoms with van der Waals surface area (Å²) in [5.74, 6) is 0.126. The summed E-state index contributed by atoms with van der Waals surface area (Å²) in [6, 6.07) is 7.45. The summed E-state index contributed by atoms with van der Waals surface area (Å²) in [6.07, 6.45) is 4.85. The molecule has 0 fully saturated rings. The number of fused-ring (bicyclic) bond motifs is 1. The smallest absolute Gasteiger partial charge is 0.275 e. The number of pyridine rings is 1. The molecule has 1 aromatic carbocycles. The van der Waals surface area contributed by atoms with Crippen LogP contribution in [0, 0.1) is 6.92 Å². The Bertz CT molecular complexity index is 830. The summed E-state index contributed by atoms with van der Waals surface area (Å²) in [6.45, 7) is 1.71. The number of nitrogens with one attached hydrogen (secondary N) is 1. The highest BCUT2D eigenvalue weighted by Gasteiger charge is 2.14. The third kappa shape index (κ3) is 2.68. The van der Waals surface area contributed by atoms with Crippen LogP contribution in [-0.2, 0) is 0 Å². The van der Waals surface area contributed by atoms with Gasteiger partial charge in [0.1, 0.15) is 5.82 Å². The lowest BCUT2D eigenvalue weighted by Gasteiger charge is -2.09. The molecule has 0 aliphatic carbocycles. The van der Waals surface area contributed by atoms with Gasteiger partial charge in [-0.2, -0.15) is 0 Å². The molecular formula is C15H11ClN4O. The molecule has 0 atom stereocenters. The zero-order valence-electron chi connectivity index (χ0n) is 11.2. The van der Waals surface area contributed by atoms with Gasteiger partial charge in [0.05, 0.1) is 11.2 Å². The number of carbonyl (C=O) groups is 1. The summed E-state index contributed by atoms with van der Waals surface area (Å²) < 4.78 is 0. The fourth-order valence-electron chi connectivity index (χ4n) is 2.03.